The Morgan fingerprint density at radius 2 is 1.76 bits per heavy atom. The Hall–Kier alpha value is -1.32. The zero-order valence-electron chi connectivity index (χ0n) is 22.9. The summed E-state index contributed by atoms with van der Waals surface area (Å²) in [7, 11) is 1.68. The Balaban J connectivity index is 1.38. The van der Waals surface area contributed by atoms with Crippen molar-refractivity contribution in [3.05, 3.63) is 11.1 Å². The van der Waals surface area contributed by atoms with E-state index in [9.17, 15) is 24.9 Å². The number of esters is 1. The van der Waals surface area contributed by atoms with E-state index in [2.05, 4.69) is 0 Å². The molecule has 4 aliphatic carbocycles. The highest BCUT2D eigenvalue weighted by atomic mass is 16.6. The van der Waals surface area contributed by atoms with E-state index in [-0.39, 0.29) is 36.2 Å². The van der Waals surface area contributed by atoms with Gasteiger partial charge in [0.2, 0.25) is 0 Å². The molecule has 4 saturated carbocycles. The van der Waals surface area contributed by atoms with E-state index in [4.69, 9.17) is 14.2 Å². The zero-order valence-corrected chi connectivity index (χ0v) is 22.9. The lowest BCUT2D eigenvalue weighted by Crippen LogP contribution is -2.74. The summed E-state index contributed by atoms with van der Waals surface area (Å²) in [5.74, 6) is -0.677. The van der Waals surface area contributed by atoms with Crippen LogP contribution in [0.2, 0.25) is 0 Å². The molecule has 37 heavy (non-hydrogen) atoms. The first-order valence-electron chi connectivity index (χ1n) is 13.9. The van der Waals surface area contributed by atoms with E-state index in [1.54, 1.807) is 21.0 Å². The third kappa shape index (κ3) is 2.67. The molecule has 0 amide bonds. The number of epoxide rings is 1. The van der Waals surface area contributed by atoms with Gasteiger partial charge in [0.15, 0.2) is 0 Å². The largest absolute Gasteiger partial charge is 0.455 e. The summed E-state index contributed by atoms with van der Waals surface area (Å²) in [6.45, 7) is 8.99. The van der Waals surface area contributed by atoms with Gasteiger partial charge in [0, 0.05) is 30.9 Å². The van der Waals surface area contributed by atoms with Gasteiger partial charge in [-0.05, 0) is 78.1 Å². The number of aliphatic hydroxyl groups is 3. The van der Waals surface area contributed by atoms with Crippen molar-refractivity contribution < 1.29 is 39.1 Å². The molecule has 5 fully saturated rings. The number of carbonyl (C=O) groups is 2. The maximum Gasteiger partial charge on any atom is 0.334 e. The Kier molecular flexibility index (Phi) is 5.22. The summed E-state index contributed by atoms with van der Waals surface area (Å²) in [6, 6.07) is 0. The second-order valence-corrected chi connectivity index (χ2v) is 13.5. The molecule has 2 heterocycles. The lowest BCUT2D eigenvalue weighted by Gasteiger charge is -2.64. The number of hydrogen-bond donors (Lipinski definition) is 3. The van der Waals surface area contributed by atoms with Crippen molar-refractivity contribution in [1.82, 2.24) is 0 Å². The van der Waals surface area contributed by atoms with E-state index in [0.717, 1.165) is 5.57 Å². The van der Waals surface area contributed by atoms with Crippen molar-refractivity contribution in [3.8, 4) is 0 Å². The van der Waals surface area contributed by atoms with E-state index in [1.165, 1.54) is 0 Å². The molecular formula is C29H42O8. The minimum absolute atomic E-state index is 0.109. The molecule has 8 heteroatoms. The van der Waals surface area contributed by atoms with Crippen LogP contribution in [0.25, 0.3) is 0 Å². The fourth-order valence-corrected chi connectivity index (χ4v) is 10.1. The summed E-state index contributed by atoms with van der Waals surface area (Å²) >= 11 is 0. The molecule has 0 unspecified atom stereocenters. The van der Waals surface area contributed by atoms with Gasteiger partial charge in [0.1, 0.15) is 28.7 Å². The summed E-state index contributed by atoms with van der Waals surface area (Å²) in [5.41, 5.74) is -5.89. The Morgan fingerprint density at radius 1 is 1.05 bits per heavy atom. The molecule has 2 aliphatic heterocycles. The molecule has 206 valence electrons. The number of hydrogen-bond acceptors (Lipinski definition) is 8. The van der Waals surface area contributed by atoms with Gasteiger partial charge < -0.3 is 29.5 Å². The number of ether oxygens (including phenoxy) is 3. The van der Waals surface area contributed by atoms with Crippen LogP contribution in [0, 0.1) is 22.7 Å². The third-order valence-corrected chi connectivity index (χ3v) is 12.7. The predicted molar refractivity (Wildman–Crippen MR) is 132 cm³/mol. The molecule has 6 rings (SSSR count). The minimum atomic E-state index is -1.78. The standard InChI is InChI=1S/C29H42O8/c1-15-13-21(36-23(31)16(15)2)26(5,32)28(34)12-11-27(33)18-14-22-29(37-22)20(35-6)8-7-19(30)25(29,4)17(18)9-10-24(27,28)3/h17-18,20-22,32-34H,7-14H2,1-6H3/t17-,18+,20-,21+,22+,24-,25-,26-,27+,28-,29+/m0/s1. The molecule has 1 saturated heterocycles. The van der Waals surface area contributed by atoms with Crippen molar-refractivity contribution in [2.75, 3.05) is 7.11 Å². The van der Waals surface area contributed by atoms with Crippen LogP contribution >= 0.6 is 0 Å². The van der Waals surface area contributed by atoms with Crippen molar-refractivity contribution in [2.45, 2.75) is 127 Å². The van der Waals surface area contributed by atoms with Gasteiger partial charge in [-0.25, -0.2) is 4.79 Å². The van der Waals surface area contributed by atoms with Crippen molar-refractivity contribution >= 4 is 11.8 Å². The lowest BCUT2D eigenvalue weighted by atomic mass is 9.41. The maximum atomic E-state index is 13.6. The van der Waals surface area contributed by atoms with Crippen LogP contribution in [0.5, 0.6) is 0 Å². The normalized spacial score (nSPS) is 54.5. The van der Waals surface area contributed by atoms with Crippen LogP contribution < -0.4 is 0 Å². The highest BCUT2D eigenvalue weighted by molar-refractivity contribution is 5.90. The molecule has 0 bridgehead atoms. The number of carbonyl (C=O) groups excluding carboxylic acids is 2. The molecule has 6 aliphatic rings. The summed E-state index contributed by atoms with van der Waals surface area (Å²) in [6.07, 6.45) is 2.30. The van der Waals surface area contributed by atoms with E-state index in [1.807, 2.05) is 20.8 Å². The Morgan fingerprint density at radius 3 is 2.41 bits per heavy atom. The first-order valence-corrected chi connectivity index (χ1v) is 13.9. The van der Waals surface area contributed by atoms with Crippen molar-refractivity contribution in [2.24, 2.45) is 22.7 Å². The molecule has 8 nitrogen and oxygen atoms in total. The topological polar surface area (TPSA) is 126 Å². The van der Waals surface area contributed by atoms with Gasteiger partial charge in [0.25, 0.3) is 0 Å². The Labute approximate surface area is 218 Å². The number of rotatable bonds is 3. The number of fused-ring (bicyclic) bond motifs is 4. The van der Waals surface area contributed by atoms with Crippen molar-refractivity contribution in [1.29, 1.82) is 0 Å². The van der Waals surface area contributed by atoms with E-state index >= 15 is 0 Å². The van der Waals surface area contributed by atoms with Gasteiger partial charge in [-0.15, -0.1) is 0 Å². The minimum Gasteiger partial charge on any atom is -0.455 e. The zero-order chi connectivity index (χ0) is 27.0. The molecule has 0 radical (unpaired) electrons. The fraction of sp³-hybridized carbons (Fsp3) is 0.862. The fourth-order valence-electron chi connectivity index (χ4n) is 10.1. The molecule has 11 atom stereocenters. The van der Waals surface area contributed by atoms with Crippen molar-refractivity contribution in [3.63, 3.8) is 0 Å². The van der Waals surface area contributed by atoms with Crippen LogP contribution in [-0.4, -0.2) is 74.9 Å². The van der Waals surface area contributed by atoms with Gasteiger partial charge in [0.05, 0.1) is 23.2 Å². The van der Waals surface area contributed by atoms with Crippen LogP contribution in [0.1, 0.15) is 86.0 Å². The second-order valence-electron chi connectivity index (χ2n) is 13.5. The van der Waals surface area contributed by atoms with Gasteiger partial charge >= 0.3 is 5.97 Å². The highest BCUT2D eigenvalue weighted by Crippen LogP contribution is 2.75. The number of ketones is 1. The average Bonchev–Trinajstić information content (AvgIpc) is 3.53. The monoisotopic (exact) mass is 518 g/mol. The second kappa shape index (κ2) is 7.45. The van der Waals surface area contributed by atoms with Crippen LogP contribution in [0.4, 0.5) is 0 Å². The van der Waals surface area contributed by atoms with Gasteiger partial charge in [-0.1, -0.05) is 12.5 Å². The van der Waals surface area contributed by atoms with Crippen LogP contribution in [0.3, 0.4) is 0 Å². The van der Waals surface area contributed by atoms with E-state index < -0.39 is 45.3 Å². The number of cyclic esters (lactones) is 1. The molecule has 1 spiro atoms. The summed E-state index contributed by atoms with van der Waals surface area (Å²) in [4.78, 5) is 26.1. The molecule has 0 aromatic rings. The third-order valence-electron chi connectivity index (χ3n) is 12.7. The average molecular weight is 519 g/mol. The highest BCUT2D eigenvalue weighted by Gasteiger charge is 2.84. The summed E-state index contributed by atoms with van der Waals surface area (Å²) in [5, 5.41) is 36.9. The Bertz CT molecular complexity index is 1100. The quantitative estimate of drug-likeness (QED) is 0.385. The maximum absolute atomic E-state index is 13.6. The van der Waals surface area contributed by atoms with Crippen LogP contribution in [-0.2, 0) is 23.8 Å². The number of Topliss-reactive ketones (excluding diaryl/α,β-unsaturated/α-hetero) is 1. The molecule has 0 aromatic carbocycles. The van der Waals surface area contributed by atoms with Crippen LogP contribution in [0.15, 0.2) is 11.1 Å². The number of methoxy groups -OCH3 is 1. The summed E-state index contributed by atoms with van der Waals surface area (Å²) < 4.78 is 17.9. The SMILES string of the molecule is CO[C@H]1CCC(=O)[C@]2(C)[C@H]3CC[C@]4(C)[C@](O)([C@@](C)(O)[C@H]5CC(C)=C(C)C(=O)O5)CC[C@@]4(O)[C@@H]3C[C@H]3O[C@]132. The van der Waals surface area contributed by atoms with Gasteiger partial charge in [-0.2, -0.15) is 0 Å². The molecular weight excluding hydrogens is 476 g/mol. The first kappa shape index (κ1) is 25.9. The molecule has 3 N–H and O–H groups in total. The lowest BCUT2D eigenvalue weighted by molar-refractivity contribution is -0.284. The predicted octanol–water partition coefficient (Wildman–Crippen LogP) is 2.60. The van der Waals surface area contributed by atoms with Gasteiger partial charge in [-0.3, -0.25) is 4.79 Å². The molecule has 0 aromatic heterocycles. The van der Waals surface area contributed by atoms with E-state index in [0.29, 0.717) is 50.5 Å². The smallest absolute Gasteiger partial charge is 0.334 e. The first-order chi connectivity index (χ1) is 17.2.